The largest absolute Gasteiger partial charge is 0.487 e. The molecule has 1 radical (unpaired) electrons. The third kappa shape index (κ3) is 2.77. The Morgan fingerprint density at radius 1 is 1.20 bits per heavy atom. The van der Waals surface area contributed by atoms with Gasteiger partial charge in [-0.2, -0.15) is 4.39 Å². The predicted molar refractivity (Wildman–Crippen MR) is 53.8 cm³/mol. The highest BCUT2D eigenvalue weighted by atomic mass is 19.1. The molecule has 0 saturated heterocycles. The summed E-state index contributed by atoms with van der Waals surface area (Å²) in [5.41, 5.74) is 0.572. The lowest BCUT2D eigenvalue weighted by Crippen LogP contribution is -1.99. The molecule has 1 aromatic carbocycles. The molecule has 0 amide bonds. The van der Waals surface area contributed by atoms with Gasteiger partial charge in [-0.25, -0.2) is 4.98 Å². The Bertz CT molecular complexity index is 431. The SMILES string of the molecule is Fc1cccc(COc2cc[c]cc2)n1. The van der Waals surface area contributed by atoms with Crippen LogP contribution in [-0.2, 0) is 6.61 Å². The van der Waals surface area contributed by atoms with Crippen molar-refractivity contribution in [2.75, 3.05) is 0 Å². The number of hydrogen-bond acceptors (Lipinski definition) is 2. The van der Waals surface area contributed by atoms with Crippen molar-refractivity contribution in [3.63, 3.8) is 0 Å². The molecule has 2 rings (SSSR count). The van der Waals surface area contributed by atoms with Crippen LogP contribution in [0.5, 0.6) is 5.75 Å². The van der Waals surface area contributed by atoms with Crippen LogP contribution in [0.15, 0.2) is 42.5 Å². The van der Waals surface area contributed by atoms with Gasteiger partial charge in [0.15, 0.2) is 0 Å². The van der Waals surface area contributed by atoms with Crippen LogP contribution in [0.25, 0.3) is 0 Å². The van der Waals surface area contributed by atoms with Crippen molar-refractivity contribution in [3.8, 4) is 5.75 Å². The lowest BCUT2D eigenvalue weighted by atomic mass is 10.3. The quantitative estimate of drug-likeness (QED) is 0.714. The van der Waals surface area contributed by atoms with Crippen molar-refractivity contribution in [2.45, 2.75) is 6.61 Å². The monoisotopic (exact) mass is 202 g/mol. The minimum Gasteiger partial charge on any atom is -0.487 e. The molecule has 0 aliphatic heterocycles. The third-order valence-electron chi connectivity index (χ3n) is 1.85. The maximum atomic E-state index is 12.7. The number of aromatic nitrogens is 1. The highest BCUT2D eigenvalue weighted by molar-refractivity contribution is 5.20. The molecule has 0 saturated carbocycles. The fourth-order valence-corrected chi connectivity index (χ4v) is 1.16. The summed E-state index contributed by atoms with van der Waals surface area (Å²) < 4.78 is 18.1. The number of nitrogens with zero attached hydrogens (tertiary/aromatic N) is 1. The first-order valence-electron chi connectivity index (χ1n) is 4.55. The van der Waals surface area contributed by atoms with Crippen molar-refractivity contribution in [3.05, 3.63) is 60.2 Å². The molecular weight excluding hydrogens is 193 g/mol. The first kappa shape index (κ1) is 9.65. The van der Waals surface area contributed by atoms with Crippen molar-refractivity contribution in [1.82, 2.24) is 4.98 Å². The molecule has 0 spiro atoms. The standard InChI is InChI=1S/C12H9FNO/c13-12-8-4-5-10(14-12)9-15-11-6-2-1-3-7-11/h2-8H,9H2. The number of rotatable bonds is 3. The van der Waals surface area contributed by atoms with Crippen LogP contribution in [0.2, 0.25) is 0 Å². The van der Waals surface area contributed by atoms with Crippen molar-refractivity contribution in [1.29, 1.82) is 0 Å². The van der Waals surface area contributed by atoms with Gasteiger partial charge in [0.25, 0.3) is 0 Å². The normalized spacial score (nSPS) is 9.93. The fourth-order valence-electron chi connectivity index (χ4n) is 1.16. The zero-order chi connectivity index (χ0) is 10.5. The van der Waals surface area contributed by atoms with Crippen LogP contribution in [0.3, 0.4) is 0 Å². The van der Waals surface area contributed by atoms with Crippen LogP contribution in [0.1, 0.15) is 5.69 Å². The fraction of sp³-hybridized carbons (Fsp3) is 0.0833. The van der Waals surface area contributed by atoms with Crippen LogP contribution >= 0.6 is 0 Å². The number of benzene rings is 1. The minimum absolute atomic E-state index is 0.266. The molecule has 0 bridgehead atoms. The summed E-state index contributed by atoms with van der Waals surface area (Å²) in [5, 5.41) is 0. The number of halogens is 1. The molecule has 15 heavy (non-hydrogen) atoms. The Morgan fingerprint density at radius 2 is 2.00 bits per heavy atom. The summed E-state index contributed by atoms with van der Waals surface area (Å²) in [6.45, 7) is 0.266. The molecule has 75 valence electrons. The molecule has 0 aliphatic carbocycles. The number of hydrogen-bond donors (Lipinski definition) is 0. The van der Waals surface area contributed by atoms with Gasteiger partial charge in [-0.15, -0.1) is 0 Å². The summed E-state index contributed by atoms with van der Waals surface area (Å²) in [5.74, 6) is 0.234. The van der Waals surface area contributed by atoms with E-state index in [1.807, 2.05) is 0 Å². The third-order valence-corrected chi connectivity index (χ3v) is 1.85. The predicted octanol–water partition coefficient (Wildman–Crippen LogP) is 2.60. The van der Waals surface area contributed by atoms with Gasteiger partial charge in [-0.05, 0) is 30.3 Å². The van der Waals surface area contributed by atoms with Crippen molar-refractivity contribution in [2.24, 2.45) is 0 Å². The summed E-state index contributed by atoms with van der Waals surface area (Å²) >= 11 is 0. The van der Waals surface area contributed by atoms with Gasteiger partial charge in [0.1, 0.15) is 12.4 Å². The van der Waals surface area contributed by atoms with Crippen LogP contribution < -0.4 is 4.74 Å². The average Bonchev–Trinajstić information content (AvgIpc) is 2.28. The van der Waals surface area contributed by atoms with Gasteiger partial charge in [0.2, 0.25) is 5.95 Å². The van der Waals surface area contributed by atoms with Gasteiger partial charge in [0.05, 0.1) is 5.69 Å². The Labute approximate surface area is 87.4 Å². The number of ether oxygens (including phenoxy) is 1. The average molecular weight is 202 g/mol. The lowest BCUT2D eigenvalue weighted by Gasteiger charge is -2.04. The first-order chi connectivity index (χ1) is 7.34. The molecule has 0 atom stereocenters. The van der Waals surface area contributed by atoms with E-state index in [0.717, 1.165) is 5.75 Å². The Balaban J connectivity index is 1.99. The van der Waals surface area contributed by atoms with Crippen LogP contribution in [0, 0.1) is 12.0 Å². The molecule has 0 N–H and O–H groups in total. The molecule has 1 aromatic heterocycles. The summed E-state index contributed by atoms with van der Waals surface area (Å²) in [6.07, 6.45) is 0. The van der Waals surface area contributed by atoms with Crippen molar-refractivity contribution < 1.29 is 9.13 Å². The smallest absolute Gasteiger partial charge is 0.213 e. The van der Waals surface area contributed by atoms with E-state index in [2.05, 4.69) is 11.1 Å². The van der Waals surface area contributed by atoms with Gasteiger partial charge in [-0.3, -0.25) is 0 Å². The van der Waals surface area contributed by atoms with Gasteiger partial charge in [0, 0.05) is 0 Å². The van der Waals surface area contributed by atoms with Crippen LogP contribution in [0.4, 0.5) is 4.39 Å². The highest BCUT2D eigenvalue weighted by Gasteiger charge is 1.97. The molecule has 0 unspecified atom stereocenters. The Hall–Kier alpha value is -1.90. The summed E-state index contributed by atoms with van der Waals surface area (Å²) in [4.78, 5) is 3.69. The second-order valence-electron chi connectivity index (χ2n) is 2.98. The van der Waals surface area contributed by atoms with E-state index in [1.165, 1.54) is 6.07 Å². The lowest BCUT2D eigenvalue weighted by molar-refractivity contribution is 0.299. The molecule has 0 aliphatic rings. The zero-order valence-electron chi connectivity index (χ0n) is 7.98. The molecule has 2 aromatic rings. The van der Waals surface area contributed by atoms with E-state index in [4.69, 9.17) is 4.74 Å². The van der Waals surface area contributed by atoms with Gasteiger partial charge < -0.3 is 4.74 Å². The summed E-state index contributed by atoms with van der Waals surface area (Å²) in [6, 6.07) is 14.6. The summed E-state index contributed by atoms with van der Waals surface area (Å²) in [7, 11) is 0. The van der Waals surface area contributed by atoms with E-state index in [-0.39, 0.29) is 6.61 Å². The van der Waals surface area contributed by atoms with E-state index in [1.54, 1.807) is 36.4 Å². The second kappa shape index (κ2) is 4.55. The first-order valence-corrected chi connectivity index (χ1v) is 4.55. The second-order valence-corrected chi connectivity index (χ2v) is 2.98. The molecule has 2 nitrogen and oxygen atoms in total. The number of pyridine rings is 1. The highest BCUT2D eigenvalue weighted by Crippen LogP contribution is 2.10. The van der Waals surface area contributed by atoms with Crippen molar-refractivity contribution >= 4 is 0 Å². The maximum absolute atomic E-state index is 12.7. The molecule has 3 heteroatoms. The van der Waals surface area contributed by atoms with E-state index >= 15 is 0 Å². The van der Waals surface area contributed by atoms with E-state index in [0.29, 0.717) is 5.69 Å². The Kier molecular flexibility index (Phi) is 2.93. The molecule has 1 heterocycles. The van der Waals surface area contributed by atoms with Crippen LogP contribution in [-0.4, -0.2) is 4.98 Å². The maximum Gasteiger partial charge on any atom is 0.213 e. The minimum atomic E-state index is -0.488. The Morgan fingerprint density at radius 3 is 2.73 bits per heavy atom. The zero-order valence-corrected chi connectivity index (χ0v) is 7.98. The van der Waals surface area contributed by atoms with Gasteiger partial charge in [-0.1, -0.05) is 18.2 Å². The topological polar surface area (TPSA) is 22.1 Å². The van der Waals surface area contributed by atoms with E-state index < -0.39 is 5.95 Å². The van der Waals surface area contributed by atoms with E-state index in [9.17, 15) is 4.39 Å². The molecule has 0 fully saturated rings. The van der Waals surface area contributed by atoms with Gasteiger partial charge >= 0.3 is 0 Å². The molecular formula is C12H9FNO.